The maximum atomic E-state index is 11.3. The Bertz CT molecular complexity index is 413. The van der Waals surface area contributed by atoms with Crippen LogP contribution in [0.1, 0.15) is 19.8 Å². The van der Waals surface area contributed by atoms with Gasteiger partial charge in [-0.25, -0.2) is 4.79 Å². The lowest BCUT2D eigenvalue weighted by Gasteiger charge is -2.08. The van der Waals surface area contributed by atoms with E-state index < -0.39 is 0 Å². The van der Waals surface area contributed by atoms with Crippen molar-refractivity contribution in [3.05, 3.63) is 30.3 Å². The van der Waals surface area contributed by atoms with Crippen molar-refractivity contribution in [1.29, 1.82) is 0 Å². The Labute approximate surface area is 129 Å². The summed E-state index contributed by atoms with van der Waals surface area (Å²) in [6.07, 6.45) is 1.66. The summed E-state index contributed by atoms with van der Waals surface area (Å²) in [4.78, 5) is 11.3. The first kappa shape index (κ1) is 16.8. The normalized spacial score (nSPS) is 9.85. The summed E-state index contributed by atoms with van der Waals surface area (Å²) in [7, 11) is 0. The third kappa shape index (κ3) is 8.01. The number of alkyl carbamates (subject to hydrolysis) is 1. The van der Waals surface area contributed by atoms with Crippen LogP contribution < -0.4 is 10.6 Å². The highest BCUT2D eigenvalue weighted by atomic mass is 32.2. The zero-order valence-electron chi connectivity index (χ0n) is 11.6. The fraction of sp³-hybridized carbons (Fsp3) is 0.429. The summed E-state index contributed by atoms with van der Waals surface area (Å²) in [5, 5.41) is 5.80. The van der Waals surface area contributed by atoms with Crippen LogP contribution in [0.3, 0.4) is 0 Å². The molecule has 0 saturated carbocycles. The molecular formula is C14H20N2O2S2. The quantitative estimate of drug-likeness (QED) is 0.594. The van der Waals surface area contributed by atoms with E-state index in [1.807, 2.05) is 30.3 Å². The molecule has 1 rings (SSSR count). The lowest BCUT2D eigenvalue weighted by atomic mass is 10.3. The molecule has 0 aliphatic heterocycles. The Morgan fingerprint density at radius 3 is 2.80 bits per heavy atom. The molecule has 0 spiro atoms. The van der Waals surface area contributed by atoms with Crippen molar-refractivity contribution in [1.82, 2.24) is 5.32 Å². The lowest BCUT2D eigenvalue weighted by Crippen LogP contribution is -2.26. The lowest BCUT2D eigenvalue weighted by molar-refractivity contribution is 0.153. The number of hydrogen-bond acceptors (Lipinski definition) is 4. The molecule has 1 aromatic rings. The molecule has 4 nitrogen and oxygen atoms in total. The van der Waals surface area contributed by atoms with Crippen LogP contribution >= 0.6 is 24.0 Å². The second kappa shape index (κ2) is 10.5. The van der Waals surface area contributed by atoms with Crippen molar-refractivity contribution in [2.45, 2.75) is 19.8 Å². The molecule has 2 N–H and O–H groups in total. The van der Waals surface area contributed by atoms with Gasteiger partial charge >= 0.3 is 6.09 Å². The van der Waals surface area contributed by atoms with Crippen molar-refractivity contribution in [2.24, 2.45) is 0 Å². The number of amides is 1. The standard InChI is InChI=1S/C14H20N2O2S2/c1-2-3-9-15-13(17)18-10-11-20-14(19)16-12-7-5-4-6-8-12/h4-8H,2-3,9-11H2,1H3,(H,15,17)(H,16,19). The van der Waals surface area contributed by atoms with Crippen LogP contribution in [0.4, 0.5) is 10.5 Å². The van der Waals surface area contributed by atoms with Crippen LogP contribution in [-0.2, 0) is 4.74 Å². The van der Waals surface area contributed by atoms with E-state index in [-0.39, 0.29) is 6.09 Å². The first-order chi connectivity index (χ1) is 9.72. The van der Waals surface area contributed by atoms with E-state index in [1.165, 1.54) is 11.8 Å². The molecule has 110 valence electrons. The van der Waals surface area contributed by atoms with Gasteiger partial charge in [-0.2, -0.15) is 0 Å². The molecular weight excluding hydrogens is 292 g/mol. The van der Waals surface area contributed by atoms with Gasteiger partial charge in [-0.1, -0.05) is 55.5 Å². The molecule has 0 unspecified atom stereocenters. The van der Waals surface area contributed by atoms with Gasteiger partial charge in [0.2, 0.25) is 0 Å². The van der Waals surface area contributed by atoms with Gasteiger partial charge in [0.1, 0.15) is 10.9 Å². The predicted molar refractivity (Wildman–Crippen MR) is 89.4 cm³/mol. The van der Waals surface area contributed by atoms with E-state index in [0.717, 1.165) is 18.5 Å². The molecule has 0 atom stereocenters. The first-order valence-corrected chi connectivity index (χ1v) is 8.01. The van der Waals surface area contributed by atoms with Crippen LogP contribution in [0, 0.1) is 0 Å². The Kier molecular flexibility index (Phi) is 8.82. The molecule has 0 heterocycles. The average molecular weight is 312 g/mol. The molecule has 20 heavy (non-hydrogen) atoms. The van der Waals surface area contributed by atoms with Gasteiger partial charge < -0.3 is 15.4 Å². The smallest absolute Gasteiger partial charge is 0.407 e. The second-order valence-electron chi connectivity index (χ2n) is 4.04. The Hall–Kier alpha value is -1.27. The van der Waals surface area contributed by atoms with Gasteiger partial charge in [-0.05, 0) is 18.6 Å². The highest BCUT2D eigenvalue weighted by Crippen LogP contribution is 2.11. The first-order valence-electron chi connectivity index (χ1n) is 6.62. The van der Waals surface area contributed by atoms with Crippen LogP contribution in [0.15, 0.2) is 30.3 Å². The molecule has 0 bridgehead atoms. The van der Waals surface area contributed by atoms with Gasteiger partial charge in [-0.15, -0.1) is 0 Å². The van der Waals surface area contributed by atoms with E-state index in [9.17, 15) is 4.79 Å². The van der Waals surface area contributed by atoms with Gasteiger partial charge in [0.05, 0.1) is 0 Å². The maximum absolute atomic E-state index is 11.3. The molecule has 0 aliphatic rings. The number of hydrogen-bond donors (Lipinski definition) is 2. The second-order valence-corrected chi connectivity index (χ2v) is 5.82. The number of ether oxygens (including phenoxy) is 1. The van der Waals surface area contributed by atoms with Crippen molar-refractivity contribution in [3.63, 3.8) is 0 Å². The number of thioether (sulfide) groups is 1. The maximum Gasteiger partial charge on any atom is 0.407 e. The predicted octanol–water partition coefficient (Wildman–Crippen LogP) is 3.64. The molecule has 0 saturated heterocycles. The largest absolute Gasteiger partial charge is 0.449 e. The van der Waals surface area contributed by atoms with E-state index >= 15 is 0 Å². The molecule has 0 aromatic heterocycles. The fourth-order valence-corrected chi connectivity index (χ4v) is 2.27. The van der Waals surface area contributed by atoms with Crippen LogP contribution in [-0.4, -0.2) is 29.3 Å². The minimum Gasteiger partial charge on any atom is -0.449 e. The number of benzene rings is 1. The monoisotopic (exact) mass is 312 g/mol. The van der Waals surface area contributed by atoms with E-state index in [1.54, 1.807) is 0 Å². The van der Waals surface area contributed by atoms with Gasteiger partial charge in [0, 0.05) is 18.0 Å². The third-order valence-corrected chi connectivity index (χ3v) is 3.56. The highest BCUT2D eigenvalue weighted by Gasteiger charge is 2.02. The molecule has 1 aromatic carbocycles. The van der Waals surface area contributed by atoms with Crippen LogP contribution in [0.5, 0.6) is 0 Å². The zero-order chi connectivity index (χ0) is 14.6. The third-order valence-electron chi connectivity index (χ3n) is 2.37. The Morgan fingerprint density at radius 1 is 1.35 bits per heavy atom. The van der Waals surface area contributed by atoms with Crippen LogP contribution in [0.25, 0.3) is 0 Å². The van der Waals surface area contributed by atoms with Crippen molar-refractivity contribution in [3.8, 4) is 0 Å². The number of para-hydroxylation sites is 1. The summed E-state index contributed by atoms with van der Waals surface area (Å²) in [5.74, 6) is 0.639. The average Bonchev–Trinajstić information content (AvgIpc) is 2.45. The SMILES string of the molecule is CCCCNC(=O)OCCSC(=S)Nc1ccccc1. The molecule has 6 heteroatoms. The summed E-state index contributed by atoms with van der Waals surface area (Å²) < 4.78 is 5.70. The van der Waals surface area contributed by atoms with Gasteiger partial charge in [-0.3, -0.25) is 0 Å². The van der Waals surface area contributed by atoms with E-state index in [4.69, 9.17) is 17.0 Å². The number of carbonyl (C=O) groups is 1. The number of rotatable bonds is 7. The Balaban J connectivity index is 2.06. The van der Waals surface area contributed by atoms with Gasteiger partial charge in [0.15, 0.2) is 0 Å². The number of thiocarbonyl (C=S) groups is 1. The molecule has 0 aliphatic carbocycles. The minimum atomic E-state index is -0.360. The van der Waals surface area contributed by atoms with Gasteiger partial charge in [0.25, 0.3) is 0 Å². The molecule has 0 radical (unpaired) electrons. The van der Waals surface area contributed by atoms with Crippen molar-refractivity contribution >= 4 is 40.1 Å². The number of unbranched alkanes of at least 4 members (excludes halogenated alkanes) is 1. The summed E-state index contributed by atoms with van der Waals surface area (Å²) in [5.41, 5.74) is 0.961. The van der Waals surface area contributed by atoms with E-state index in [0.29, 0.717) is 23.2 Å². The van der Waals surface area contributed by atoms with Crippen molar-refractivity contribution in [2.75, 3.05) is 24.2 Å². The van der Waals surface area contributed by atoms with Crippen LogP contribution in [0.2, 0.25) is 0 Å². The van der Waals surface area contributed by atoms with Crippen molar-refractivity contribution < 1.29 is 9.53 Å². The summed E-state index contributed by atoms with van der Waals surface area (Å²) >= 11 is 6.65. The minimum absolute atomic E-state index is 0.346. The van der Waals surface area contributed by atoms with E-state index in [2.05, 4.69) is 17.6 Å². The number of carbonyl (C=O) groups excluding carboxylic acids is 1. The zero-order valence-corrected chi connectivity index (χ0v) is 13.2. The Morgan fingerprint density at radius 2 is 2.10 bits per heavy atom. The topological polar surface area (TPSA) is 50.4 Å². The summed E-state index contributed by atoms with van der Waals surface area (Å²) in [6.45, 7) is 3.08. The number of anilines is 1. The fourth-order valence-electron chi connectivity index (χ4n) is 1.36. The molecule has 0 fully saturated rings. The molecule has 1 amide bonds. The number of nitrogens with one attached hydrogen (secondary N) is 2. The summed E-state index contributed by atoms with van der Waals surface area (Å²) in [6, 6.07) is 9.74. The highest BCUT2D eigenvalue weighted by molar-refractivity contribution is 8.23.